The van der Waals surface area contributed by atoms with E-state index in [4.69, 9.17) is 19.5 Å². The Kier molecular flexibility index (Phi) is 9.77. The lowest BCUT2D eigenvalue weighted by Crippen LogP contribution is -2.38. The van der Waals surface area contributed by atoms with Crippen LogP contribution in [-0.4, -0.2) is 30.3 Å². The van der Waals surface area contributed by atoms with Gasteiger partial charge in [-0.25, -0.2) is 9.67 Å². The van der Waals surface area contributed by atoms with Gasteiger partial charge in [-0.15, -0.1) is 14.9 Å². The van der Waals surface area contributed by atoms with Crippen LogP contribution in [0.4, 0.5) is 0 Å². The molecule has 0 atom stereocenters. The third-order valence-corrected chi connectivity index (χ3v) is 6.29. The van der Waals surface area contributed by atoms with E-state index in [-0.39, 0.29) is 11.6 Å². The smallest absolute Gasteiger partial charge is 0.291 e. The van der Waals surface area contributed by atoms with E-state index in [1.165, 1.54) is 0 Å². The molecular weight excluding hydrogens is 473 g/mol. The van der Waals surface area contributed by atoms with Gasteiger partial charge in [0.2, 0.25) is 11.6 Å². The average Bonchev–Trinajstić information content (AvgIpc) is 3.40. The first-order chi connectivity index (χ1) is 17.4. The fourth-order valence-corrected chi connectivity index (χ4v) is 4.42. The van der Waals surface area contributed by atoms with Crippen LogP contribution in [0.5, 0.6) is 0 Å². The van der Waals surface area contributed by atoms with Gasteiger partial charge in [-0.3, -0.25) is 4.79 Å². The van der Waals surface area contributed by atoms with Crippen molar-refractivity contribution in [3.63, 3.8) is 0 Å². The van der Waals surface area contributed by atoms with Gasteiger partial charge in [0, 0.05) is 11.0 Å². The first-order valence-electron chi connectivity index (χ1n) is 11.9. The van der Waals surface area contributed by atoms with Gasteiger partial charge in [0.15, 0.2) is 0 Å². The number of carbonyl (C=O) groups is 1. The van der Waals surface area contributed by atoms with Crippen LogP contribution in [0.2, 0.25) is 0 Å². The Morgan fingerprint density at radius 1 is 0.833 bits per heavy atom. The Balaban J connectivity index is 0.000000840. The maximum absolute atomic E-state index is 13.0. The van der Waals surface area contributed by atoms with E-state index < -0.39 is 13.8 Å². The van der Waals surface area contributed by atoms with Crippen molar-refractivity contribution in [3.8, 4) is 0 Å². The monoisotopic (exact) mass is 504 g/mol. The highest BCUT2D eigenvalue weighted by Gasteiger charge is 2.40. The predicted octanol–water partition coefficient (Wildman–Crippen LogP) is 5.76. The van der Waals surface area contributed by atoms with E-state index >= 15 is 0 Å². The van der Waals surface area contributed by atoms with E-state index in [0.717, 1.165) is 29.5 Å². The second-order valence-electron chi connectivity index (χ2n) is 8.38. The van der Waals surface area contributed by atoms with Gasteiger partial charge < -0.3 is 0 Å². The summed E-state index contributed by atoms with van der Waals surface area (Å²) < 4.78 is 10.6. The van der Waals surface area contributed by atoms with E-state index in [2.05, 4.69) is 55.2 Å². The molecule has 0 aliphatic rings. The largest absolute Gasteiger partial charge is 0.692 e. The summed E-state index contributed by atoms with van der Waals surface area (Å²) in [5.41, 5.74) is 2.42. The van der Waals surface area contributed by atoms with Gasteiger partial charge in [-0.1, -0.05) is 118 Å². The molecule has 0 saturated carbocycles. The number of ketones is 1. The molecule has 36 heavy (non-hydrogen) atoms. The molecule has 0 amide bonds. The van der Waals surface area contributed by atoms with Crippen LogP contribution < -0.4 is 0 Å². The van der Waals surface area contributed by atoms with Gasteiger partial charge in [-0.2, -0.15) is 0 Å². The molecule has 0 fully saturated rings. The minimum absolute atomic E-state index is 0.000495. The fourth-order valence-electron chi connectivity index (χ4n) is 4.42. The van der Waals surface area contributed by atoms with Crippen molar-refractivity contribution in [2.24, 2.45) is 5.92 Å². The molecule has 3 aromatic carbocycles. The average molecular weight is 505 g/mol. The van der Waals surface area contributed by atoms with Crippen LogP contribution in [0, 0.1) is 5.92 Å². The van der Waals surface area contributed by atoms with Crippen LogP contribution in [0.25, 0.3) is 0 Å². The van der Waals surface area contributed by atoms with Crippen LogP contribution in [0.15, 0.2) is 97.3 Å². The van der Waals surface area contributed by atoms with Crippen molar-refractivity contribution < 1.29 is 19.1 Å². The molecule has 1 heterocycles. The van der Waals surface area contributed by atoms with E-state index in [1.807, 2.05) is 59.3 Å². The molecule has 2 N–H and O–H groups in total. The third kappa shape index (κ3) is 6.18. The first kappa shape index (κ1) is 27.1. The van der Waals surface area contributed by atoms with Gasteiger partial charge in [-0.05, 0) is 22.6 Å². The molecule has 0 radical (unpaired) electrons. The van der Waals surface area contributed by atoms with Crippen molar-refractivity contribution in [2.75, 3.05) is 0 Å². The molecule has 0 aliphatic carbocycles. The van der Waals surface area contributed by atoms with Crippen molar-refractivity contribution in [1.29, 1.82) is 0 Å². The molecule has 4 rings (SSSR count). The number of Topliss-reactive ketones (excluding diaryl/α,β-unsaturated/α-hetero) is 1. The zero-order valence-electron chi connectivity index (χ0n) is 20.4. The first-order valence-corrected chi connectivity index (χ1v) is 13.1. The van der Waals surface area contributed by atoms with Crippen molar-refractivity contribution >= 4 is 14.0 Å². The van der Waals surface area contributed by atoms with Gasteiger partial charge in [0.1, 0.15) is 11.9 Å². The SMILES string of the molecule is CCC(CC)CC(=O)c1ncn(C(c2ccccc2)(c2ccccc2)c2ccccc2)n1.O=[P+](O)O. The summed E-state index contributed by atoms with van der Waals surface area (Å²) in [5.74, 6) is 0.640. The van der Waals surface area contributed by atoms with Crippen LogP contribution in [0.3, 0.4) is 0 Å². The van der Waals surface area contributed by atoms with Crippen LogP contribution >= 0.6 is 8.25 Å². The number of rotatable bonds is 9. The van der Waals surface area contributed by atoms with E-state index in [0.29, 0.717) is 12.3 Å². The Morgan fingerprint density at radius 3 is 1.58 bits per heavy atom. The summed E-state index contributed by atoms with van der Waals surface area (Å²) in [6.07, 6.45) is 4.13. The molecular formula is C28H31N3O4P+. The summed E-state index contributed by atoms with van der Waals surface area (Å²) in [7, 11) is -2.87. The predicted molar refractivity (Wildman–Crippen MR) is 140 cm³/mol. The number of hydrogen-bond donors (Lipinski definition) is 2. The second-order valence-corrected chi connectivity index (χ2v) is 8.89. The van der Waals surface area contributed by atoms with Gasteiger partial charge in [0.25, 0.3) is 0 Å². The lowest BCUT2D eigenvalue weighted by atomic mass is 9.77. The van der Waals surface area contributed by atoms with Crippen LogP contribution in [-0.2, 0) is 10.1 Å². The fraction of sp³-hybridized carbons (Fsp3) is 0.250. The molecule has 0 saturated heterocycles. The Morgan fingerprint density at radius 2 is 1.22 bits per heavy atom. The van der Waals surface area contributed by atoms with Crippen molar-refractivity contribution in [3.05, 3.63) is 120 Å². The third-order valence-electron chi connectivity index (χ3n) is 6.29. The quantitative estimate of drug-likeness (QED) is 0.171. The molecule has 1 aromatic heterocycles. The molecule has 0 bridgehead atoms. The maximum Gasteiger partial charge on any atom is 0.692 e. The van der Waals surface area contributed by atoms with Crippen LogP contribution in [0.1, 0.15) is 60.4 Å². The molecule has 0 unspecified atom stereocenters. The minimum atomic E-state index is -2.87. The number of aromatic nitrogens is 3. The summed E-state index contributed by atoms with van der Waals surface area (Å²) in [5, 5.41) is 4.79. The lowest BCUT2D eigenvalue weighted by molar-refractivity contribution is 0.0948. The molecule has 8 heteroatoms. The summed E-state index contributed by atoms with van der Waals surface area (Å²) >= 11 is 0. The van der Waals surface area contributed by atoms with Crippen molar-refractivity contribution in [1.82, 2.24) is 14.8 Å². The summed E-state index contributed by atoms with van der Waals surface area (Å²) in [4.78, 5) is 31.7. The minimum Gasteiger partial charge on any atom is -0.291 e. The highest BCUT2D eigenvalue weighted by atomic mass is 31.1. The number of nitrogens with zero attached hydrogens (tertiary/aromatic N) is 3. The highest BCUT2D eigenvalue weighted by Crippen LogP contribution is 2.40. The van der Waals surface area contributed by atoms with E-state index in [9.17, 15) is 4.79 Å². The topological polar surface area (TPSA) is 105 Å². The molecule has 186 valence electrons. The number of hydrogen-bond acceptors (Lipinski definition) is 4. The molecule has 7 nitrogen and oxygen atoms in total. The second kappa shape index (κ2) is 13.0. The zero-order chi connectivity index (χ0) is 26.0. The molecule has 4 aromatic rings. The Labute approximate surface area is 212 Å². The highest BCUT2D eigenvalue weighted by molar-refractivity contribution is 7.30. The Bertz CT molecular complexity index is 1140. The summed E-state index contributed by atoms with van der Waals surface area (Å²) in [6.45, 7) is 4.25. The zero-order valence-corrected chi connectivity index (χ0v) is 21.3. The molecule has 0 aliphatic heterocycles. The Hall–Kier alpha value is -3.51. The lowest BCUT2D eigenvalue weighted by Gasteiger charge is -2.35. The van der Waals surface area contributed by atoms with Gasteiger partial charge in [0.05, 0.1) is 0 Å². The summed E-state index contributed by atoms with van der Waals surface area (Å²) in [6, 6.07) is 30.9. The number of carbonyl (C=O) groups excluding carboxylic acids is 1. The number of benzene rings is 3. The standard InChI is InChI=1S/C28H29N3O.HO3P/c1-3-22(4-2)20-26(32)27-29-21-31(30-27)28(23-14-8-5-9-15-23,24-16-10-6-11-17-24)25-18-12-7-13-19-25;1-4(2)3/h5-19,21-22H,3-4,20H2,1-2H3;(H-,1,2,3)/p+1. The normalized spacial score (nSPS) is 11.0. The van der Waals surface area contributed by atoms with Gasteiger partial charge >= 0.3 is 8.25 Å². The van der Waals surface area contributed by atoms with Crippen molar-refractivity contribution in [2.45, 2.75) is 38.6 Å². The van der Waals surface area contributed by atoms with E-state index in [1.54, 1.807) is 6.33 Å². The molecule has 0 spiro atoms. The maximum atomic E-state index is 13.0.